The van der Waals surface area contributed by atoms with Crippen LogP contribution in [0, 0.1) is 0 Å². The summed E-state index contributed by atoms with van der Waals surface area (Å²) >= 11 is 0. The van der Waals surface area contributed by atoms with Crippen LogP contribution in [0.25, 0.3) is 5.76 Å². The Morgan fingerprint density at radius 3 is 2.28 bits per heavy atom. The van der Waals surface area contributed by atoms with Gasteiger partial charge in [-0.25, -0.2) is 0 Å². The van der Waals surface area contributed by atoms with Gasteiger partial charge in [-0.05, 0) is 24.6 Å². The van der Waals surface area contributed by atoms with Gasteiger partial charge in [-0.1, -0.05) is 42.5 Å². The SMILES string of the molecule is CCOc1ccc([C@H]2C(=C(O)c3ccccc3)C(=O)C(=O)N2CCC(=O)O)cc1. The van der Waals surface area contributed by atoms with Crippen molar-refractivity contribution >= 4 is 23.4 Å². The quantitative estimate of drug-likeness (QED) is 0.424. The zero-order valence-corrected chi connectivity index (χ0v) is 15.9. The Bertz CT molecular complexity index is 949. The van der Waals surface area contributed by atoms with Crippen molar-refractivity contribution in [3.05, 3.63) is 71.3 Å². The molecule has 1 atom stereocenters. The number of hydrogen-bond donors (Lipinski definition) is 2. The maximum absolute atomic E-state index is 12.7. The van der Waals surface area contributed by atoms with E-state index in [4.69, 9.17) is 9.84 Å². The fraction of sp³-hybridized carbons (Fsp3) is 0.227. The van der Waals surface area contributed by atoms with Crippen LogP contribution in [-0.4, -0.2) is 45.9 Å². The first-order valence-electron chi connectivity index (χ1n) is 9.22. The predicted octanol–water partition coefficient (Wildman–Crippen LogP) is 2.98. The summed E-state index contributed by atoms with van der Waals surface area (Å²) in [6.07, 6.45) is -0.314. The lowest BCUT2D eigenvalue weighted by molar-refractivity contribution is -0.142. The third kappa shape index (κ3) is 4.13. The molecule has 1 heterocycles. The van der Waals surface area contributed by atoms with E-state index in [0.717, 1.165) is 0 Å². The maximum atomic E-state index is 12.7. The highest BCUT2D eigenvalue weighted by atomic mass is 16.5. The number of carboxylic acid groups (broad SMARTS) is 1. The second-order valence-electron chi connectivity index (χ2n) is 6.50. The number of aliphatic hydroxyl groups is 1. The van der Waals surface area contributed by atoms with Crippen LogP contribution in [0.2, 0.25) is 0 Å². The van der Waals surface area contributed by atoms with Crippen molar-refractivity contribution in [3.8, 4) is 5.75 Å². The minimum Gasteiger partial charge on any atom is -0.507 e. The standard InChI is InChI=1S/C22H21NO6/c1-2-29-16-10-8-14(9-11-16)19-18(20(26)15-6-4-3-5-7-15)21(27)22(28)23(19)13-12-17(24)25/h3-11,19,26H,2,12-13H2,1H3,(H,24,25)/t19-/m0/s1. The van der Waals surface area contributed by atoms with Crippen molar-refractivity contribution < 1.29 is 29.3 Å². The molecule has 150 valence electrons. The largest absolute Gasteiger partial charge is 0.507 e. The molecule has 3 rings (SSSR count). The molecule has 7 heteroatoms. The summed E-state index contributed by atoms with van der Waals surface area (Å²) in [6.45, 7) is 2.20. The third-order valence-electron chi connectivity index (χ3n) is 4.66. The number of carbonyl (C=O) groups is 3. The number of amides is 1. The first-order valence-corrected chi connectivity index (χ1v) is 9.22. The lowest BCUT2D eigenvalue weighted by Crippen LogP contribution is -2.31. The van der Waals surface area contributed by atoms with Gasteiger partial charge in [0, 0.05) is 12.1 Å². The van der Waals surface area contributed by atoms with E-state index < -0.39 is 23.7 Å². The van der Waals surface area contributed by atoms with E-state index in [2.05, 4.69) is 0 Å². The molecule has 0 radical (unpaired) electrons. The molecule has 29 heavy (non-hydrogen) atoms. The third-order valence-corrected chi connectivity index (χ3v) is 4.66. The van der Waals surface area contributed by atoms with Crippen molar-refractivity contribution in [3.63, 3.8) is 0 Å². The first kappa shape index (κ1) is 20.1. The van der Waals surface area contributed by atoms with Gasteiger partial charge in [0.2, 0.25) is 0 Å². The summed E-state index contributed by atoms with van der Waals surface area (Å²) in [7, 11) is 0. The smallest absolute Gasteiger partial charge is 0.305 e. The van der Waals surface area contributed by atoms with Gasteiger partial charge < -0.3 is 19.8 Å². The van der Waals surface area contributed by atoms with Gasteiger partial charge in [0.1, 0.15) is 11.5 Å². The number of hydrogen-bond acceptors (Lipinski definition) is 5. The molecule has 2 aromatic carbocycles. The molecule has 0 unspecified atom stereocenters. The summed E-state index contributed by atoms with van der Waals surface area (Å²) in [5.74, 6) is -2.42. The molecule has 0 aliphatic carbocycles. The number of carbonyl (C=O) groups excluding carboxylic acids is 2. The van der Waals surface area contributed by atoms with Crippen LogP contribution >= 0.6 is 0 Å². The van der Waals surface area contributed by atoms with Crippen LogP contribution in [0.5, 0.6) is 5.75 Å². The zero-order chi connectivity index (χ0) is 21.0. The molecular weight excluding hydrogens is 374 g/mol. The fourth-order valence-corrected chi connectivity index (χ4v) is 3.34. The molecular formula is C22H21NO6. The Morgan fingerprint density at radius 2 is 1.69 bits per heavy atom. The topological polar surface area (TPSA) is 104 Å². The molecule has 1 aliphatic rings. The summed E-state index contributed by atoms with van der Waals surface area (Å²) in [6, 6.07) is 14.4. The normalized spacial score (nSPS) is 18.1. The highest BCUT2D eigenvalue weighted by Gasteiger charge is 2.46. The van der Waals surface area contributed by atoms with E-state index in [1.165, 1.54) is 4.90 Å². The van der Waals surface area contributed by atoms with Crippen molar-refractivity contribution in [1.29, 1.82) is 0 Å². The van der Waals surface area contributed by atoms with E-state index in [9.17, 15) is 19.5 Å². The summed E-state index contributed by atoms with van der Waals surface area (Å²) in [5, 5.41) is 19.8. The fourth-order valence-electron chi connectivity index (χ4n) is 3.34. The average Bonchev–Trinajstić information content (AvgIpc) is 2.98. The van der Waals surface area contributed by atoms with Crippen LogP contribution < -0.4 is 4.74 Å². The maximum Gasteiger partial charge on any atom is 0.305 e. The van der Waals surface area contributed by atoms with E-state index in [-0.39, 0.29) is 24.3 Å². The summed E-state index contributed by atoms with van der Waals surface area (Å²) < 4.78 is 5.43. The number of benzene rings is 2. The minimum absolute atomic E-state index is 0.0595. The van der Waals surface area contributed by atoms with E-state index in [1.807, 2.05) is 6.92 Å². The van der Waals surface area contributed by atoms with Gasteiger partial charge in [0.25, 0.3) is 11.7 Å². The lowest BCUT2D eigenvalue weighted by atomic mass is 9.95. The van der Waals surface area contributed by atoms with Crippen LogP contribution in [0.1, 0.15) is 30.5 Å². The van der Waals surface area contributed by atoms with Crippen molar-refractivity contribution in [2.24, 2.45) is 0 Å². The van der Waals surface area contributed by atoms with Gasteiger partial charge in [-0.2, -0.15) is 0 Å². The molecule has 2 N–H and O–H groups in total. The van der Waals surface area contributed by atoms with Crippen molar-refractivity contribution in [2.45, 2.75) is 19.4 Å². The first-order chi connectivity index (χ1) is 13.9. The number of Topliss-reactive ketones (excluding diaryl/α,β-unsaturated/α-hetero) is 1. The highest BCUT2D eigenvalue weighted by Crippen LogP contribution is 2.39. The van der Waals surface area contributed by atoms with Crippen LogP contribution in [0.4, 0.5) is 0 Å². The Kier molecular flexibility index (Phi) is 5.97. The Balaban J connectivity index is 2.10. The van der Waals surface area contributed by atoms with Crippen LogP contribution in [-0.2, 0) is 14.4 Å². The van der Waals surface area contributed by atoms with Gasteiger partial charge in [0.15, 0.2) is 0 Å². The molecule has 2 aromatic rings. The Labute approximate surface area is 167 Å². The van der Waals surface area contributed by atoms with Gasteiger partial charge in [0.05, 0.1) is 24.6 Å². The molecule has 0 bridgehead atoms. The molecule has 1 saturated heterocycles. The minimum atomic E-state index is -1.08. The number of aliphatic hydroxyl groups excluding tert-OH is 1. The van der Waals surface area contributed by atoms with Crippen molar-refractivity contribution in [1.82, 2.24) is 4.90 Å². The number of aliphatic carboxylic acids is 1. The molecule has 0 aromatic heterocycles. The number of nitrogens with zero attached hydrogens (tertiary/aromatic N) is 1. The number of rotatable bonds is 7. The highest BCUT2D eigenvalue weighted by molar-refractivity contribution is 6.46. The van der Waals surface area contributed by atoms with Crippen LogP contribution in [0.3, 0.4) is 0 Å². The summed E-state index contributed by atoms with van der Waals surface area (Å²) in [4.78, 5) is 37.6. The number of ketones is 1. The van der Waals surface area contributed by atoms with Gasteiger partial charge in [-0.3, -0.25) is 14.4 Å². The Morgan fingerprint density at radius 1 is 1.03 bits per heavy atom. The molecule has 1 aliphatic heterocycles. The van der Waals surface area contributed by atoms with E-state index in [1.54, 1.807) is 54.6 Å². The molecule has 0 spiro atoms. The van der Waals surface area contributed by atoms with Crippen LogP contribution in [0.15, 0.2) is 60.2 Å². The summed E-state index contributed by atoms with van der Waals surface area (Å²) in [5.41, 5.74) is 0.922. The second kappa shape index (κ2) is 8.60. The molecule has 1 amide bonds. The second-order valence-corrected chi connectivity index (χ2v) is 6.50. The van der Waals surface area contributed by atoms with Gasteiger partial charge in [-0.15, -0.1) is 0 Å². The average molecular weight is 395 g/mol. The number of carboxylic acids is 1. The zero-order valence-electron chi connectivity index (χ0n) is 15.9. The van der Waals surface area contributed by atoms with Crippen molar-refractivity contribution in [2.75, 3.05) is 13.2 Å². The van der Waals surface area contributed by atoms with E-state index in [0.29, 0.717) is 23.5 Å². The molecule has 7 nitrogen and oxygen atoms in total. The monoisotopic (exact) mass is 395 g/mol. The van der Waals surface area contributed by atoms with Gasteiger partial charge >= 0.3 is 5.97 Å². The Hall–Kier alpha value is -3.61. The molecule has 1 fully saturated rings. The lowest BCUT2D eigenvalue weighted by Gasteiger charge is -2.25. The number of likely N-dealkylation sites (tertiary alicyclic amines) is 1. The molecule has 0 saturated carbocycles. The number of ether oxygens (including phenoxy) is 1. The van der Waals surface area contributed by atoms with E-state index >= 15 is 0 Å². The predicted molar refractivity (Wildman–Crippen MR) is 105 cm³/mol.